The van der Waals surface area contributed by atoms with Gasteiger partial charge in [0.2, 0.25) is 0 Å². The lowest BCUT2D eigenvalue weighted by Crippen LogP contribution is -2.25. The molecule has 6 heteroatoms. The molecule has 16 heavy (non-hydrogen) atoms. The molecular weight excluding hydrogens is 285 g/mol. The summed E-state index contributed by atoms with van der Waals surface area (Å²) in [5.74, 6) is 0. The summed E-state index contributed by atoms with van der Waals surface area (Å²) in [5, 5.41) is 2.89. The molecule has 0 aliphatic carbocycles. The van der Waals surface area contributed by atoms with E-state index in [1.165, 1.54) is 0 Å². The first-order chi connectivity index (χ1) is 7.32. The quantitative estimate of drug-likeness (QED) is 0.899. The normalized spacial score (nSPS) is 13.6. The van der Waals surface area contributed by atoms with E-state index < -0.39 is 11.7 Å². The summed E-state index contributed by atoms with van der Waals surface area (Å²) in [5.41, 5.74) is 5.10. The molecule has 3 N–H and O–H groups in total. The summed E-state index contributed by atoms with van der Waals surface area (Å²) in [6.07, 6.45) is -4.34. The van der Waals surface area contributed by atoms with Gasteiger partial charge in [-0.05, 0) is 25.1 Å². The Morgan fingerprint density at radius 3 is 2.50 bits per heavy atom. The first-order valence-electron chi connectivity index (χ1n) is 4.67. The van der Waals surface area contributed by atoms with Gasteiger partial charge >= 0.3 is 6.18 Å². The van der Waals surface area contributed by atoms with E-state index in [0.717, 1.165) is 12.1 Å². The molecular formula is C10H12BrF3N2. The first-order valence-corrected chi connectivity index (χ1v) is 5.46. The number of alkyl halides is 3. The van der Waals surface area contributed by atoms with Crippen LogP contribution < -0.4 is 11.1 Å². The van der Waals surface area contributed by atoms with E-state index in [1.54, 1.807) is 13.0 Å². The number of halogens is 4. The first kappa shape index (κ1) is 13.3. The average molecular weight is 297 g/mol. The van der Waals surface area contributed by atoms with Gasteiger partial charge in [0.05, 0.1) is 5.56 Å². The summed E-state index contributed by atoms with van der Waals surface area (Å²) in [4.78, 5) is 0. The monoisotopic (exact) mass is 296 g/mol. The molecule has 0 aliphatic rings. The van der Waals surface area contributed by atoms with Crippen molar-refractivity contribution in [3.8, 4) is 0 Å². The fraction of sp³-hybridized carbons (Fsp3) is 0.400. The van der Waals surface area contributed by atoms with Crippen molar-refractivity contribution in [3.05, 3.63) is 28.2 Å². The molecule has 1 aromatic rings. The van der Waals surface area contributed by atoms with Crippen molar-refractivity contribution in [2.24, 2.45) is 5.73 Å². The molecule has 0 saturated heterocycles. The maximum Gasteiger partial charge on any atom is 0.416 e. The van der Waals surface area contributed by atoms with Crippen LogP contribution in [0.1, 0.15) is 12.5 Å². The molecule has 0 aromatic heterocycles. The van der Waals surface area contributed by atoms with Crippen LogP contribution in [0.15, 0.2) is 22.7 Å². The van der Waals surface area contributed by atoms with E-state index in [-0.39, 0.29) is 6.04 Å². The van der Waals surface area contributed by atoms with Gasteiger partial charge in [0.1, 0.15) is 0 Å². The number of rotatable bonds is 3. The topological polar surface area (TPSA) is 38.0 Å². The van der Waals surface area contributed by atoms with Crippen molar-refractivity contribution >= 4 is 21.6 Å². The SMILES string of the molecule is CC(CN)Nc1cc(Br)cc(C(F)(F)F)c1. The Morgan fingerprint density at radius 2 is 2.00 bits per heavy atom. The Morgan fingerprint density at radius 1 is 1.38 bits per heavy atom. The lowest BCUT2D eigenvalue weighted by atomic mass is 10.2. The summed E-state index contributed by atoms with van der Waals surface area (Å²) in [6, 6.07) is 3.62. The van der Waals surface area contributed by atoms with Crippen LogP contribution in [0.5, 0.6) is 0 Å². The zero-order valence-corrected chi connectivity index (χ0v) is 10.2. The number of hydrogen-bond donors (Lipinski definition) is 2. The van der Waals surface area contributed by atoms with Gasteiger partial charge in [-0.2, -0.15) is 13.2 Å². The molecule has 0 fully saturated rings. The van der Waals surface area contributed by atoms with Crippen molar-refractivity contribution in [3.63, 3.8) is 0 Å². The van der Waals surface area contributed by atoms with Crippen molar-refractivity contribution < 1.29 is 13.2 Å². The molecule has 0 amide bonds. The molecule has 1 unspecified atom stereocenters. The predicted molar refractivity (Wildman–Crippen MR) is 61.3 cm³/mol. The van der Waals surface area contributed by atoms with Gasteiger partial charge in [-0.15, -0.1) is 0 Å². The number of anilines is 1. The molecule has 1 rings (SSSR count). The summed E-state index contributed by atoms with van der Waals surface area (Å²) in [6.45, 7) is 2.15. The van der Waals surface area contributed by atoms with E-state index in [2.05, 4.69) is 21.2 Å². The van der Waals surface area contributed by atoms with Crippen LogP contribution in [-0.2, 0) is 6.18 Å². The van der Waals surface area contributed by atoms with Gasteiger partial charge in [-0.1, -0.05) is 15.9 Å². The highest BCUT2D eigenvalue weighted by Gasteiger charge is 2.31. The maximum atomic E-state index is 12.5. The zero-order valence-electron chi connectivity index (χ0n) is 8.61. The third-order valence-electron chi connectivity index (χ3n) is 1.99. The van der Waals surface area contributed by atoms with E-state index in [9.17, 15) is 13.2 Å². The molecule has 0 spiro atoms. The van der Waals surface area contributed by atoms with Gasteiger partial charge in [0.25, 0.3) is 0 Å². The van der Waals surface area contributed by atoms with E-state index in [0.29, 0.717) is 16.7 Å². The lowest BCUT2D eigenvalue weighted by Gasteiger charge is -2.15. The van der Waals surface area contributed by atoms with E-state index >= 15 is 0 Å². The minimum absolute atomic E-state index is 0.0737. The van der Waals surface area contributed by atoms with Crippen molar-refractivity contribution in [1.29, 1.82) is 0 Å². The molecule has 0 radical (unpaired) electrons. The third kappa shape index (κ3) is 3.68. The summed E-state index contributed by atoms with van der Waals surface area (Å²) < 4.78 is 37.9. The Kier molecular flexibility index (Phi) is 4.21. The lowest BCUT2D eigenvalue weighted by molar-refractivity contribution is -0.137. The molecule has 1 aromatic carbocycles. The molecule has 1 atom stereocenters. The Labute approximate surface area is 100 Å². The van der Waals surface area contributed by atoms with Crippen LogP contribution in [0, 0.1) is 0 Å². The van der Waals surface area contributed by atoms with Gasteiger partial charge in [-0.25, -0.2) is 0 Å². The van der Waals surface area contributed by atoms with Crippen LogP contribution in [0.4, 0.5) is 18.9 Å². The van der Waals surface area contributed by atoms with E-state index in [4.69, 9.17) is 5.73 Å². The Bertz CT molecular complexity index is 366. The van der Waals surface area contributed by atoms with Crippen LogP contribution in [0.2, 0.25) is 0 Å². The van der Waals surface area contributed by atoms with Crippen LogP contribution >= 0.6 is 15.9 Å². The van der Waals surface area contributed by atoms with Crippen molar-refractivity contribution in [1.82, 2.24) is 0 Å². The highest BCUT2D eigenvalue weighted by Crippen LogP contribution is 2.33. The number of nitrogens with one attached hydrogen (secondary N) is 1. The minimum atomic E-state index is -4.34. The number of benzene rings is 1. The van der Waals surface area contributed by atoms with Crippen molar-refractivity contribution in [2.75, 3.05) is 11.9 Å². The molecule has 0 aliphatic heterocycles. The van der Waals surface area contributed by atoms with Crippen LogP contribution in [0.25, 0.3) is 0 Å². The van der Waals surface area contributed by atoms with Gasteiger partial charge < -0.3 is 11.1 Å². The molecule has 0 heterocycles. The Hall–Kier alpha value is -0.750. The molecule has 0 bridgehead atoms. The molecule has 2 nitrogen and oxygen atoms in total. The third-order valence-corrected chi connectivity index (χ3v) is 2.45. The number of hydrogen-bond acceptors (Lipinski definition) is 2. The standard InChI is InChI=1S/C10H12BrF3N2/c1-6(5-15)16-9-3-7(10(12,13)14)2-8(11)4-9/h2-4,6,16H,5,15H2,1H3. The smallest absolute Gasteiger partial charge is 0.381 e. The minimum Gasteiger partial charge on any atom is -0.381 e. The Balaban J connectivity index is 2.99. The van der Waals surface area contributed by atoms with Gasteiger partial charge in [-0.3, -0.25) is 0 Å². The van der Waals surface area contributed by atoms with Crippen LogP contribution in [0.3, 0.4) is 0 Å². The summed E-state index contributed by atoms with van der Waals surface area (Å²) in [7, 11) is 0. The second kappa shape index (κ2) is 5.05. The summed E-state index contributed by atoms with van der Waals surface area (Å²) >= 11 is 3.05. The highest BCUT2D eigenvalue weighted by atomic mass is 79.9. The maximum absolute atomic E-state index is 12.5. The zero-order chi connectivity index (χ0) is 12.3. The second-order valence-corrected chi connectivity index (χ2v) is 4.42. The predicted octanol–water partition coefficient (Wildman–Crippen LogP) is 3.23. The fourth-order valence-electron chi connectivity index (χ4n) is 1.18. The number of nitrogens with two attached hydrogens (primary N) is 1. The largest absolute Gasteiger partial charge is 0.416 e. The highest BCUT2D eigenvalue weighted by molar-refractivity contribution is 9.10. The van der Waals surface area contributed by atoms with Gasteiger partial charge in [0, 0.05) is 22.7 Å². The second-order valence-electron chi connectivity index (χ2n) is 3.51. The van der Waals surface area contributed by atoms with Gasteiger partial charge in [0.15, 0.2) is 0 Å². The van der Waals surface area contributed by atoms with Crippen molar-refractivity contribution in [2.45, 2.75) is 19.1 Å². The molecule has 90 valence electrons. The average Bonchev–Trinajstić information content (AvgIpc) is 2.15. The van der Waals surface area contributed by atoms with E-state index in [1.807, 2.05) is 0 Å². The fourth-order valence-corrected chi connectivity index (χ4v) is 1.67. The molecule has 0 saturated carbocycles. The van der Waals surface area contributed by atoms with Crippen LogP contribution in [-0.4, -0.2) is 12.6 Å².